The number of hydrogen-bond donors (Lipinski definition) is 1. The van der Waals surface area contributed by atoms with Gasteiger partial charge in [-0.15, -0.1) is 5.10 Å². The fraction of sp³-hybridized carbons (Fsp3) is 0.278. The summed E-state index contributed by atoms with van der Waals surface area (Å²) in [5, 5.41) is 16.3. The Labute approximate surface area is 160 Å². The largest absolute Gasteiger partial charge is 0.442 e. The summed E-state index contributed by atoms with van der Waals surface area (Å²) in [5.41, 5.74) is 0.854. The van der Waals surface area contributed by atoms with Crippen LogP contribution in [-0.2, 0) is 10.8 Å². The number of hydrogen-bond acceptors (Lipinski definition) is 5. The van der Waals surface area contributed by atoms with Gasteiger partial charge in [-0.25, -0.2) is 18.2 Å². The van der Waals surface area contributed by atoms with Crippen molar-refractivity contribution in [3.05, 3.63) is 35.2 Å². The van der Waals surface area contributed by atoms with Gasteiger partial charge in [0.05, 0.1) is 27.9 Å². The summed E-state index contributed by atoms with van der Waals surface area (Å²) in [4.78, 5) is 4.05. The number of halogens is 3. The predicted octanol–water partition coefficient (Wildman–Crippen LogP) is 4.17. The predicted molar refractivity (Wildman–Crippen MR) is 97.3 cm³/mol. The molecule has 28 heavy (non-hydrogen) atoms. The van der Waals surface area contributed by atoms with E-state index in [4.69, 9.17) is 4.74 Å². The van der Waals surface area contributed by atoms with E-state index in [1.807, 2.05) is 6.07 Å². The lowest BCUT2D eigenvalue weighted by Gasteiger charge is -2.15. The molecule has 2 unspecified atom stereocenters. The van der Waals surface area contributed by atoms with Crippen molar-refractivity contribution in [2.24, 2.45) is 0 Å². The van der Waals surface area contributed by atoms with Crippen LogP contribution in [-0.4, -0.2) is 32.0 Å². The molecule has 2 aromatic heterocycles. The van der Waals surface area contributed by atoms with E-state index in [1.165, 1.54) is 24.6 Å². The molecule has 0 saturated heterocycles. The lowest BCUT2D eigenvalue weighted by Crippen LogP contribution is -2.05. The maximum absolute atomic E-state index is 13.6. The quantitative estimate of drug-likeness (QED) is 0.684. The van der Waals surface area contributed by atoms with E-state index in [2.05, 4.69) is 15.2 Å². The van der Waals surface area contributed by atoms with Gasteiger partial charge in [-0.1, -0.05) is 0 Å². The number of nitrogens with one attached hydrogen (secondary N) is 1. The minimum Gasteiger partial charge on any atom is -0.442 e. The Morgan fingerprint density at radius 3 is 2.61 bits per heavy atom. The van der Waals surface area contributed by atoms with Crippen LogP contribution >= 0.6 is 0 Å². The lowest BCUT2D eigenvalue weighted by molar-refractivity contribution is 0.0825. The highest BCUT2D eigenvalue weighted by Crippen LogP contribution is 2.40. The molecule has 10 heteroatoms. The standard InChI is InChI=1S/C18H15F3N4O2S/c1-8-4-14(28(3)26)11(17(20)21)5-10(8)15-12(6-22)23-7-13-16(15)18(25-24-13)27-9(2)19/h4-5,7,9,17H,1-3H3,(H,24,25). The van der Waals surface area contributed by atoms with Crippen molar-refractivity contribution in [1.82, 2.24) is 15.2 Å². The van der Waals surface area contributed by atoms with Gasteiger partial charge in [0.2, 0.25) is 12.2 Å². The highest BCUT2D eigenvalue weighted by Gasteiger charge is 2.24. The van der Waals surface area contributed by atoms with E-state index in [0.29, 0.717) is 11.1 Å². The summed E-state index contributed by atoms with van der Waals surface area (Å²) in [7, 11) is -1.63. The van der Waals surface area contributed by atoms with Crippen molar-refractivity contribution >= 4 is 21.7 Å². The Kier molecular flexibility index (Phi) is 5.38. The highest BCUT2D eigenvalue weighted by atomic mass is 32.2. The first-order valence-corrected chi connectivity index (χ1v) is 9.64. The van der Waals surface area contributed by atoms with Gasteiger partial charge in [0.1, 0.15) is 11.8 Å². The molecule has 0 aliphatic rings. The zero-order valence-corrected chi connectivity index (χ0v) is 15.9. The number of nitrogens with zero attached hydrogens (tertiary/aromatic N) is 3. The SMILES string of the molecule is Cc1cc(S(C)=O)c(C(F)F)cc1-c1c(C#N)ncc2[nH]nc(OC(C)F)c12. The van der Waals surface area contributed by atoms with Crippen molar-refractivity contribution in [2.45, 2.75) is 31.5 Å². The number of aromatic nitrogens is 3. The molecule has 1 N–H and O–H groups in total. The number of alkyl halides is 3. The number of rotatable bonds is 5. The molecule has 0 bridgehead atoms. The van der Waals surface area contributed by atoms with Gasteiger partial charge in [-0.3, -0.25) is 9.31 Å². The Hall–Kier alpha value is -2.93. The lowest BCUT2D eigenvalue weighted by atomic mass is 9.94. The van der Waals surface area contributed by atoms with Crippen LogP contribution < -0.4 is 4.74 Å². The fourth-order valence-corrected chi connectivity index (χ4v) is 3.78. The smallest absolute Gasteiger partial charge is 0.265 e. The molecule has 0 spiro atoms. The van der Waals surface area contributed by atoms with Gasteiger partial charge in [0, 0.05) is 29.2 Å². The van der Waals surface area contributed by atoms with Crippen molar-refractivity contribution in [2.75, 3.05) is 6.26 Å². The first kappa shape index (κ1) is 19.8. The summed E-state index contributed by atoms with van der Waals surface area (Å²) in [5.74, 6) is -0.111. The first-order chi connectivity index (χ1) is 13.2. The van der Waals surface area contributed by atoms with E-state index in [0.717, 1.165) is 6.92 Å². The third-order valence-electron chi connectivity index (χ3n) is 4.12. The molecule has 0 aliphatic heterocycles. The average Bonchev–Trinajstić information content (AvgIpc) is 3.02. The van der Waals surface area contributed by atoms with E-state index in [1.54, 1.807) is 6.92 Å². The maximum atomic E-state index is 13.6. The molecule has 146 valence electrons. The van der Waals surface area contributed by atoms with E-state index in [9.17, 15) is 22.6 Å². The number of H-pyrrole nitrogens is 1. The van der Waals surface area contributed by atoms with E-state index >= 15 is 0 Å². The summed E-state index contributed by atoms with van der Waals surface area (Å²) in [6.45, 7) is 2.80. The fourth-order valence-electron chi connectivity index (χ4n) is 2.96. The van der Waals surface area contributed by atoms with Crippen molar-refractivity contribution < 1.29 is 22.1 Å². The zero-order valence-electron chi connectivity index (χ0n) is 15.1. The van der Waals surface area contributed by atoms with Gasteiger partial charge in [0.15, 0.2) is 0 Å². The molecule has 3 rings (SSSR count). The first-order valence-electron chi connectivity index (χ1n) is 8.09. The monoisotopic (exact) mass is 408 g/mol. The molecule has 0 amide bonds. The second-order valence-corrected chi connectivity index (χ2v) is 7.38. The molecule has 2 atom stereocenters. The minimum absolute atomic E-state index is 0.0101. The third-order valence-corrected chi connectivity index (χ3v) is 5.09. The number of ether oxygens (including phenoxy) is 1. The number of aryl methyl sites for hydroxylation is 1. The number of pyridine rings is 1. The highest BCUT2D eigenvalue weighted by molar-refractivity contribution is 7.84. The molecular weight excluding hydrogens is 393 g/mol. The van der Waals surface area contributed by atoms with Gasteiger partial charge in [-0.2, -0.15) is 5.26 Å². The topological polar surface area (TPSA) is 91.7 Å². The van der Waals surface area contributed by atoms with Crippen LogP contribution in [0, 0.1) is 18.3 Å². The van der Waals surface area contributed by atoms with Crippen molar-refractivity contribution in [1.29, 1.82) is 5.26 Å². The molecular formula is C18H15F3N4O2S. The van der Waals surface area contributed by atoms with E-state index < -0.39 is 29.1 Å². The Morgan fingerprint density at radius 1 is 1.32 bits per heavy atom. The second kappa shape index (κ2) is 7.59. The molecule has 0 saturated carbocycles. The van der Waals surface area contributed by atoms with Crippen LogP contribution in [0.1, 0.15) is 30.2 Å². The minimum atomic E-state index is -2.87. The summed E-state index contributed by atoms with van der Waals surface area (Å²) >= 11 is 0. The molecule has 3 aromatic rings. The van der Waals surface area contributed by atoms with Crippen LogP contribution in [0.15, 0.2) is 23.2 Å². The number of aromatic amines is 1. The molecule has 0 aliphatic carbocycles. The van der Waals surface area contributed by atoms with Crippen molar-refractivity contribution in [3.8, 4) is 23.1 Å². The van der Waals surface area contributed by atoms with Gasteiger partial charge in [-0.05, 0) is 30.2 Å². The number of benzene rings is 1. The summed E-state index contributed by atoms with van der Waals surface area (Å²) < 4.78 is 57.5. The zero-order chi connectivity index (χ0) is 20.6. The molecule has 0 fully saturated rings. The third kappa shape index (κ3) is 3.45. The van der Waals surface area contributed by atoms with Crippen LogP contribution in [0.2, 0.25) is 0 Å². The second-order valence-electron chi connectivity index (χ2n) is 6.03. The van der Waals surface area contributed by atoms with E-state index in [-0.39, 0.29) is 33.0 Å². The summed E-state index contributed by atoms with van der Waals surface area (Å²) in [6, 6.07) is 4.50. The Morgan fingerprint density at radius 2 is 2.04 bits per heavy atom. The summed E-state index contributed by atoms with van der Waals surface area (Å²) in [6.07, 6.45) is -1.91. The Balaban J connectivity index is 2.40. The molecule has 0 radical (unpaired) electrons. The van der Waals surface area contributed by atoms with Crippen molar-refractivity contribution in [3.63, 3.8) is 0 Å². The van der Waals surface area contributed by atoms with Crippen LogP contribution in [0.25, 0.3) is 22.0 Å². The average molecular weight is 408 g/mol. The normalized spacial score (nSPS) is 13.5. The number of fused-ring (bicyclic) bond motifs is 1. The molecule has 6 nitrogen and oxygen atoms in total. The Bertz CT molecular complexity index is 1120. The van der Waals surface area contributed by atoms with Crippen LogP contribution in [0.3, 0.4) is 0 Å². The van der Waals surface area contributed by atoms with Gasteiger partial charge in [0.25, 0.3) is 6.43 Å². The van der Waals surface area contributed by atoms with Gasteiger partial charge >= 0.3 is 0 Å². The molecule has 1 aromatic carbocycles. The van der Waals surface area contributed by atoms with Crippen LogP contribution in [0.4, 0.5) is 13.2 Å². The number of nitriles is 1. The van der Waals surface area contributed by atoms with Crippen LogP contribution in [0.5, 0.6) is 5.88 Å². The maximum Gasteiger partial charge on any atom is 0.265 e. The van der Waals surface area contributed by atoms with Gasteiger partial charge < -0.3 is 4.74 Å². The molecule has 2 heterocycles.